The minimum absolute atomic E-state index is 0.0123. The van der Waals surface area contributed by atoms with Gasteiger partial charge in [-0.2, -0.15) is 4.72 Å². The summed E-state index contributed by atoms with van der Waals surface area (Å²) in [6.07, 6.45) is 0.799. The Morgan fingerprint density at radius 2 is 2.00 bits per heavy atom. The summed E-state index contributed by atoms with van der Waals surface area (Å²) in [5, 5.41) is 0. The normalized spacial score (nSPS) is 10.9. The van der Waals surface area contributed by atoms with Crippen LogP contribution in [-0.2, 0) is 16.4 Å². The zero-order valence-electron chi connectivity index (χ0n) is 12.5. The first-order chi connectivity index (χ1) is 11.0. The summed E-state index contributed by atoms with van der Waals surface area (Å²) >= 11 is 1.24. The third-order valence-electron chi connectivity index (χ3n) is 2.86. The number of aryl methyl sites for hydroxylation is 1. The van der Waals surface area contributed by atoms with E-state index >= 15 is 0 Å². The second kappa shape index (κ2) is 8.11. The van der Waals surface area contributed by atoms with Crippen molar-refractivity contribution in [2.45, 2.75) is 17.6 Å². The summed E-state index contributed by atoms with van der Waals surface area (Å²) in [5.74, 6) is 4.94. The van der Waals surface area contributed by atoms with Gasteiger partial charge in [0.05, 0.1) is 6.54 Å². The van der Waals surface area contributed by atoms with Crippen LogP contribution in [0.2, 0.25) is 0 Å². The predicted molar refractivity (Wildman–Crippen MR) is 88.6 cm³/mol. The molecule has 0 spiro atoms. The van der Waals surface area contributed by atoms with E-state index in [0.29, 0.717) is 0 Å². The van der Waals surface area contributed by atoms with Crippen LogP contribution in [0.25, 0.3) is 0 Å². The SMILES string of the molecule is CCc1ccc(S(=O)(=O)NCC#CCOc2ccccc2F)s1. The van der Waals surface area contributed by atoms with Gasteiger partial charge in [0.2, 0.25) is 0 Å². The number of nitrogens with one attached hydrogen (secondary N) is 1. The van der Waals surface area contributed by atoms with E-state index in [-0.39, 0.29) is 23.1 Å². The molecule has 0 aliphatic rings. The van der Waals surface area contributed by atoms with Gasteiger partial charge in [-0.05, 0) is 30.7 Å². The van der Waals surface area contributed by atoms with Gasteiger partial charge in [-0.3, -0.25) is 0 Å². The van der Waals surface area contributed by atoms with Gasteiger partial charge in [0.25, 0.3) is 10.0 Å². The zero-order chi connectivity index (χ0) is 16.7. The Hall–Kier alpha value is -1.88. The monoisotopic (exact) mass is 353 g/mol. The van der Waals surface area contributed by atoms with Gasteiger partial charge >= 0.3 is 0 Å². The Bertz CT molecular complexity index is 819. The number of halogens is 1. The second-order valence-electron chi connectivity index (χ2n) is 4.47. The lowest BCUT2D eigenvalue weighted by atomic mass is 10.3. The quantitative estimate of drug-likeness (QED) is 0.813. The predicted octanol–water partition coefficient (Wildman–Crippen LogP) is 2.81. The summed E-state index contributed by atoms with van der Waals surface area (Å²) in [6.45, 7) is 1.93. The van der Waals surface area contributed by atoms with Crippen molar-refractivity contribution in [2.24, 2.45) is 0 Å². The lowest BCUT2D eigenvalue weighted by Crippen LogP contribution is -2.23. The lowest BCUT2D eigenvalue weighted by Gasteiger charge is -2.02. The molecule has 0 amide bonds. The molecule has 0 aliphatic heterocycles. The maximum Gasteiger partial charge on any atom is 0.250 e. The van der Waals surface area contributed by atoms with E-state index in [2.05, 4.69) is 16.6 Å². The molecule has 0 atom stereocenters. The second-order valence-corrected chi connectivity index (χ2v) is 7.63. The molecular weight excluding hydrogens is 337 g/mol. The van der Waals surface area contributed by atoms with Gasteiger partial charge in [-0.15, -0.1) is 11.3 Å². The molecule has 1 aromatic heterocycles. The molecule has 1 N–H and O–H groups in total. The first kappa shape index (κ1) is 17.5. The van der Waals surface area contributed by atoms with Crippen LogP contribution in [-0.4, -0.2) is 21.6 Å². The Morgan fingerprint density at radius 1 is 1.22 bits per heavy atom. The molecule has 7 heteroatoms. The number of sulfonamides is 1. The zero-order valence-corrected chi connectivity index (χ0v) is 14.1. The summed E-state index contributed by atoms with van der Waals surface area (Å²) in [6, 6.07) is 9.40. The van der Waals surface area contributed by atoms with Crippen molar-refractivity contribution in [3.8, 4) is 17.6 Å². The fraction of sp³-hybridized carbons (Fsp3) is 0.250. The number of benzene rings is 1. The van der Waals surface area contributed by atoms with Crippen LogP contribution in [0.5, 0.6) is 5.75 Å². The van der Waals surface area contributed by atoms with E-state index in [1.54, 1.807) is 24.3 Å². The van der Waals surface area contributed by atoms with Gasteiger partial charge in [0, 0.05) is 4.88 Å². The fourth-order valence-corrected chi connectivity index (χ4v) is 3.95. The molecule has 0 saturated carbocycles. The molecule has 23 heavy (non-hydrogen) atoms. The van der Waals surface area contributed by atoms with Crippen molar-refractivity contribution in [1.29, 1.82) is 0 Å². The lowest BCUT2D eigenvalue weighted by molar-refractivity contribution is 0.348. The molecule has 1 aromatic carbocycles. The third-order valence-corrected chi connectivity index (χ3v) is 5.99. The molecule has 0 aliphatic carbocycles. The molecule has 122 valence electrons. The van der Waals surface area contributed by atoms with E-state index in [1.165, 1.54) is 23.5 Å². The summed E-state index contributed by atoms with van der Waals surface area (Å²) in [7, 11) is -3.53. The van der Waals surface area contributed by atoms with Gasteiger partial charge in [0.15, 0.2) is 11.6 Å². The highest BCUT2D eigenvalue weighted by Gasteiger charge is 2.15. The first-order valence-electron chi connectivity index (χ1n) is 6.94. The van der Waals surface area contributed by atoms with Crippen LogP contribution < -0.4 is 9.46 Å². The van der Waals surface area contributed by atoms with Gasteiger partial charge in [-0.1, -0.05) is 30.9 Å². The average Bonchev–Trinajstić information content (AvgIpc) is 3.02. The Labute approximate surface area is 139 Å². The molecule has 0 saturated heterocycles. The van der Waals surface area contributed by atoms with E-state index in [1.807, 2.05) is 6.92 Å². The minimum atomic E-state index is -3.53. The highest BCUT2D eigenvalue weighted by Crippen LogP contribution is 2.21. The molecule has 0 fully saturated rings. The van der Waals surface area contributed by atoms with Gasteiger partial charge < -0.3 is 4.74 Å². The topological polar surface area (TPSA) is 55.4 Å². The van der Waals surface area contributed by atoms with Gasteiger partial charge in [0.1, 0.15) is 10.8 Å². The smallest absolute Gasteiger partial charge is 0.250 e. The van der Waals surface area contributed by atoms with E-state index in [9.17, 15) is 12.8 Å². The minimum Gasteiger partial charge on any atom is -0.478 e. The molecular formula is C16H16FNO3S2. The number of para-hydroxylation sites is 1. The molecule has 2 aromatic rings. The highest BCUT2D eigenvalue weighted by molar-refractivity contribution is 7.91. The fourth-order valence-electron chi connectivity index (χ4n) is 1.68. The van der Waals surface area contributed by atoms with E-state index in [4.69, 9.17) is 4.74 Å². The van der Waals surface area contributed by atoms with Crippen LogP contribution in [0, 0.1) is 17.7 Å². The average molecular weight is 353 g/mol. The summed E-state index contributed by atoms with van der Waals surface area (Å²) in [4.78, 5) is 1.01. The third kappa shape index (κ3) is 5.06. The van der Waals surface area contributed by atoms with E-state index < -0.39 is 15.8 Å². The van der Waals surface area contributed by atoms with Crippen molar-refractivity contribution in [2.75, 3.05) is 13.2 Å². The Balaban J connectivity index is 1.82. The number of hydrogen-bond donors (Lipinski definition) is 1. The largest absolute Gasteiger partial charge is 0.478 e. The molecule has 2 rings (SSSR count). The number of ether oxygens (including phenoxy) is 1. The van der Waals surface area contributed by atoms with Crippen molar-refractivity contribution in [3.05, 3.63) is 47.1 Å². The highest BCUT2D eigenvalue weighted by atomic mass is 32.2. The molecule has 0 unspecified atom stereocenters. The standard InChI is InChI=1S/C16H16FNO3S2/c1-2-13-9-10-16(22-13)23(19,20)18-11-5-6-12-21-15-8-4-3-7-14(15)17/h3-4,7-10,18H,2,11-12H2,1H3. The maximum atomic E-state index is 13.3. The van der Waals surface area contributed by atoms with Crippen LogP contribution in [0.4, 0.5) is 4.39 Å². The van der Waals surface area contributed by atoms with Crippen molar-refractivity contribution in [3.63, 3.8) is 0 Å². The summed E-state index contributed by atoms with van der Waals surface area (Å²) < 4.78 is 45.1. The van der Waals surface area contributed by atoms with Crippen LogP contribution in [0.3, 0.4) is 0 Å². The van der Waals surface area contributed by atoms with E-state index in [0.717, 1.165) is 11.3 Å². The first-order valence-corrected chi connectivity index (χ1v) is 9.24. The van der Waals surface area contributed by atoms with Crippen LogP contribution >= 0.6 is 11.3 Å². The molecule has 1 heterocycles. The molecule has 0 radical (unpaired) electrons. The Morgan fingerprint density at radius 3 is 2.70 bits per heavy atom. The van der Waals surface area contributed by atoms with Crippen molar-refractivity contribution >= 4 is 21.4 Å². The molecule has 4 nitrogen and oxygen atoms in total. The van der Waals surface area contributed by atoms with Crippen molar-refractivity contribution < 1.29 is 17.5 Å². The number of hydrogen-bond acceptors (Lipinski definition) is 4. The Kier molecular flexibility index (Phi) is 6.16. The number of thiophene rings is 1. The van der Waals surface area contributed by atoms with Crippen LogP contribution in [0.1, 0.15) is 11.8 Å². The van der Waals surface area contributed by atoms with Crippen molar-refractivity contribution in [1.82, 2.24) is 4.72 Å². The summed E-state index contributed by atoms with van der Waals surface area (Å²) in [5.41, 5.74) is 0. The van der Waals surface area contributed by atoms with Crippen LogP contribution in [0.15, 0.2) is 40.6 Å². The molecule has 0 bridgehead atoms. The number of rotatable bonds is 6. The van der Waals surface area contributed by atoms with Gasteiger partial charge in [-0.25, -0.2) is 12.8 Å². The maximum absolute atomic E-state index is 13.3.